The van der Waals surface area contributed by atoms with Gasteiger partial charge in [0.1, 0.15) is 5.82 Å². The van der Waals surface area contributed by atoms with E-state index in [1.165, 1.54) is 19.3 Å². The van der Waals surface area contributed by atoms with Crippen LogP contribution in [-0.2, 0) is 0 Å². The highest BCUT2D eigenvalue weighted by molar-refractivity contribution is 5.54. The SMILES string of the molecule is Cc1cnc(N(C)C2CCC2)cc1N. The van der Waals surface area contributed by atoms with Crippen LogP contribution in [0.15, 0.2) is 12.3 Å². The summed E-state index contributed by atoms with van der Waals surface area (Å²) < 4.78 is 0. The van der Waals surface area contributed by atoms with Crippen LogP contribution in [0.25, 0.3) is 0 Å². The molecule has 14 heavy (non-hydrogen) atoms. The van der Waals surface area contributed by atoms with Crippen molar-refractivity contribution in [2.75, 3.05) is 17.7 Å². The molecule has 76 valence electrons. The first-order chi connectivity index (χ1) is 6.68. The van der Waals surface area contributed by atoms with Crippen molar-refractivity contribution < 1.29 is 0 Å². The summed E-state index contributed by atoms with van der Waals surface area (Å²) in [6.45, 7) is 1.98. The summed E-state index contributed by atoms with van der Waals surface area (Å²) in [5, 5.41) is 0. The Morgan fingerprint density at radius 2 is 2.21 bits per heavy atom. The Balaban J connectivity index is 2.18. The maximum atomic E-state index is 5.85. The Labute approximate surface area is 84.9 Å². The molecule has 3 heteroatoms. The van der Waals surface area contributed by atoms with Crippen molar-refractivity contribution >= 4 is 11.5 Å². The van der Waals surface area contributed by atoms with Gasteiger partial charge in [-0.25, -0.2) is 4.98 Å². The molecule has 1 fully saturated rings. The Morgan fingerprint density at radius 1 is 1.50 bits per heavy atom. The quantitative estimate of drug-likeness (QED) is 0.777. The maximum absolute atomic E-state index is 5.85. The molecule has 1 heterocycles. The van der Waals surface area contributed by atoms with Crippen LogP contribution in [-0.4, -0.2) is 18.1 Å². The lowest BCUT2D eigenvalue weighted by Gasteiger charge is -2.35. The summed E-state index contributed by atoms with van der Waals surface area (Å²) in [5.41, 5.74) is 7.74. The second-order valence-electron chi connectivity index (χ2n) is 4.09. The van der Waals surface area contributed by atoms with E-state index in [1.54, 1.807) is 0 Å². The predicted octanol–water partition coefficient (Wildman–Crippen LogP) is 1.96. The third kappa shape index (κ3) is 1.54. The van der Waals surface area contributed by atoms with Gasteiger partial charge in [-0.2, -0.15) is 0 Å². The molecular weight excluding hydrogens is 174 g/mol. The van der Waals surface area contributed by atoms with Crippen molar-refractivity contribution in [2.24, 2.45) is 0 Å². The van der Waals surface area contributed by atoms with Gasteiger partial charge in [0.25, 0.3) is 0 Å². The lowest BCUT2D eigenvalue weighted by Crippen LogP contribution is -2.37. The number of aromatic nitrogens is 1. The van der Waals surface area contributed by atoms with Crippen LogP contribution < -0.4 is 10.6 Å². The van der Waals surface area contributed by atoms with Crippen LogP contribution in [0.4, 0.5) is 11.5 Å². The number of aryl methyl sites for hydroxylation is 1. The molecule has 0 unspecified atom stereocenters. The van der Waals surface area contributed by atoms with Crippen molar-refractivity contribution in [3.05, 3.63) is 17.8 Å². The van der Waals surface area contributed by atoms with Crippen molar-refractivity contribution in [1.82, 2.24) is 4.98 Å². The zero-order chi connectivity index (χ0) is 10.1. The fourth-order valence-corrected chi connectivity index (χ4v) is 1.68. The van der Waals surface area contributed by atoms with Crippen molar-refractivity contribution in [2.45, 2.75) is 32.2 Å². The van der Waals surface area contributed by atoms with Crippen LogP contribution in [0.5, 0.6) is 0 Å². The van der Waals surface area contributed by atoms with Gasteiger partial charge in [0.15, 0.2) is 0 Å². The molecule has 2 rings (SSSR count). The molecule has 2 N–H and O–H groups in total. The molecule has 1 aliphatic carbocycles. The largest absolute Gasteiger partial charge is 0.398 e. The van der Waals surface area contributed by atoms with E-state index >= 15 is 0 Å². The number of nitrogens with two attached hydrogens (primary N) is 1. The van der Waals surface area contributed by atoms with Crippen LogP contribution in [0.1, 0.15) is 24.8 Å². The fourth-order valence-electron chi connectivity index (χ4n) is 1.68. The van der Waals surface area contributed by atoms with Gasteiger partial charge in [-0.15, -0.1) is 0 Å². The number of rotatable bonds is 2. The number of nitrogen functional groups attached to an aromatic ring is 1. The highest BCUT2D eigenvalue weighted by Crippen LogP contribution is 2.28. The summed E-state index contributed by atoms with van der Waals surface area (Å²) in [4.78, 5) is 6.62. The first kappa shape index (κ1) is 9.31. The zero-order valence-electron chi connectivity index (χ0n) is 8.83. The molecule has 3 nitrogen and oxygen atoms in total. The Hall–Kier alpha value is -1.25. The smallest absolute Gasteiger partial charge is 0.130 e. The summed E-state index contributed by atoms with van der Waals surface area (Å²) in [6, 6.07) is 2.64. The minimum atomic E-state index is 0.671. The highest BCUT2D eigenvalue weighted by atomic mass is 15.2. The van der Waals surface area contributed by atoms with E-state index in [2.05, 4.69) is 16.9 Å². The number of pyridine rings is 1. The minimum Gasteiger partial charge on any atom is -0.398 e. The third-order valence-corrected chi connectivity index (χ3v) is 3.11. The molecule has 0 atom stereocenters. The van der Waals surface area contributed by atoms with Gasteiger partial charge in [0.2, 0.25) is 0 Å². The molecule has 0 radical (unpaired) electrons. The number of hydrogen-bond acceptors (Lipinski definition) is 3. The normalized spacial score (nSPS) is 16.4. The van der Waals surface area contributed by atoms with Crippen LogP contribution >= 0.6 is 0 Å². The second kappa shape index (κ2) is 3.48. The molecule has 1 aromatic rings. The number of anilines is 2. The standard InChI is InChI=1S/C11H17N3/c1-8-7-13-11(6-10(8)12)14(2)9-4-3-5-9/h6-7,9H,3-5H2,1-2H3,(H2,12,13). The van der Waals surface area contributed by atoms with Gasteiger partial charge >= 0.3 is 0 Å². The fraction of sp³-hybridized carbons (Fsp3) is 0.545. The van der Waals surface area contributed by atoms with Gasteiger partial charge in [-0.05, 0) is 31.7 Å². The number of hydrogen-bond donors (Lipinski definition) is 1. The third-order valence-electron chi connectivity index (χ3n) is 3.11. The molecule has 0 aliphatic heterocycles. The monoisotopic (exact) mass is 191 g/mol. The molecule has 0 saturated heterocycles. The average Bonchev–Trinajstić information content (AvgIpc) is 2.06. The Kier molecular flexibility index (Phi) is 2.32. The van der Waals surface area contributed by atoms with Gasteiger partial charge in [0, 0.05) is 31.0 Å². The molecule has 0 spiro atoms. The lowest BCUT2D eigenvalue weighted by atomic mass is 9.92. The molecular formula is C11H17N3. The summed E-state index contributed by atoms with van der Waals surface area (Å²) in [7, 11) is 2.10. The minimum absolute atomic E-state index is 0.671. The van der Waals surface area contributed by atoms with Gasteiger partial charge in [0.05, 0.1) is 0 Å². The van der Waals surface area contributed by atoms with Crippen LogP contribution in [0.2, 0.25) is 0 Å². The molecule has 1 saturated carbocycles. The predicted molar refractivity (Wildman–Crippen MR) is 59.4 cm³/mol. The summed E-state index contributed by atoms with van der Waals surface area (Å²) >= 11 is 0. The lowest BCUT2D eigenvalue weighted by molar-refractivity contribution is 0.399. The van der Waals surface area contributed by atoms with Crippen LogP contribution in [0.3, 0.4) is 0 Å². The molecule has 1 aliphatic rings. The van der Waals surface area contributed by atoms with Gasteiger partial charge in [-0.1, -0.05) is 0 Å². The van der Waals surface area contributed by atoms with E-state index in [1.807, 2.05) is 19.2 Å². The average molecular weight is 191 g/mol. The Morgan fingerprint density at radius 3 is 2.71 bits per heavy atom. The van der Waals surface area contributed by atoms with E-state index in [0.717, 1.165) is 17.1 Å². The van der Waals surface area contributed by atoms with E-state index in [9.17, 15) is 0 Å². The van der Waals surface area contributed by atoms with Crippen molar-refractivity contribution in [3.8, 4) is 0 Å². The second-order valence-corrected chi connectivity index (χ2v) is 4.09. The van der Waals surface area contributed by atoms with Gasteiger partial charge < -0.3 is 10.6 Å². The topological polar surface area (TPSA) is 42.2 Å². The maximum Gasteiger partial charge on any atom is 0.130 e. The van der Waals surface area contributed by atoms with E-state index < -0.39 is 0 Å². The molecule has 0 bridgehead atoms. The summed E-state index contributed by atoms with van der Waals surface area (Å²) in [5.74, 6) is 0.998. The van der Waals surface area contributed by atoms with Gasteiger partial charge in [-0.3, -0.25) is 0 Å². The zero-order valence-corrected chi connectivity index (χ0v) is 8.83. The first-order valence-corrected chi connectivity index (χ1v) is 5.13. The van der Waals surface area contributed by atoms with Crippen molar-refractivity contribution in [3.63, 3.8) is 0 Å². The Bertz CT molecular complexity index is 331. The van der Waals surface area contributed by atoms with Crippen LogP contribution in [0, 0.1) is 6.92 Å². The van der Waals surface area contributed by atoms with E-state index in [4.69, 9.17) is 5.73 Å². The molecule has 1 aromatic heterocycles. The first-order valence-electron chi connectivity index (χ1n) is 5.13. The molecule has 0 aromatic carbocycles. The molecule has 0 amide bonds. The van der Waals surface area contributed by atoms with E-state index in [-0.39, 0.29) is 0 Å². The highest BCUT2D eigenvalue weighted by Gasteiger charge is 2.22. The number of nitrogens with zero attached hydrogens (tertiary/aromatic N) is 2. The van der Waals surface area contributed by atoms with E-state index in [0.29, 0.717) is 6.04 Å². The summed E-state index contributed by atoms with van der Waals surface area (Å²) in [6.07, 6.45) is 5.76. The van der Waals surface area contributed by atoms with Crippen molar-refractivity contribution in [1.29, 1.82) is 0 Å².